The summed E-state index contributed by atoms with van der Waals surface area (Å²) in [5, 5.41) is 2.61. The first-order chi connectivity index (χ1) is 11.8. The molecule has 0 aliphatic heterocycles. The van der Waals surface area contributed by atoms with Crippen LogP contribution in [0.2, 0.25) is 0 Å². The normalized spacial score (nSPS) is 11.0. The highest BCUT2D eigenvalue weighted by atomic mass is 32.2. The van der Waals surface area contributed by atoms with Gasteiger partial charge in [0.05, 0.1) is 10.5 Å². The number of hydrogen-bond acceptors (Lipinski definition) is 5. The Balaban J connectivity index is 1.99. The Labute approximate surface area is 146 Å². The minimum atomic E-state index is -3.57. The van der Waals surface area contributed by atoms with Gasteiger partial charge < -0.3 is 10.1 Å². The number of carbonyl (C=O) groups excluding carboxylic acids is 2. The van der Waals surface area contributed by atoms with Gasteiger partial charge in [-0.2, -0.15) is 0 Å². The monoisotopic (exact) mass is 361 g/mol. The summed E-state index contributed by atoms with van der Waals surface area (Å²) in [5.41, 5.74) is 1.64. The van der Waals surface area contributed by atoms with Gasteiger partial charge in [0.25, 0.3) is 5.91 Å². The van der Waals surface area contributed by atoms with E-state index < -0.39 is 28.3 Å². The fourth-order valence-electron chi connectivity index (χ4n) is 2.19. The maximum atomic E-state index is 12.1. The molecule has 0 aromatic heterocycles. The van der Waals surface area contributed by atoms with E-state index in [1.54, 1.807) is 12.1 Å². The van der Waals surface area contributed by atoms with E-state index in [0.29, 0.717) is 5.69 Å². The highest BCUT2D eigenvalue weighted by molar-refractivity contribution is 7.90. The Hall–Kier alpha value is -2.67. The molecule has 2 rings (SSSR count). The number of aryl methyl sites for hydroxylation is 1. The Kier molecular flexibility index (Phi) is 5.93. The maximum Gasteiger partial charge on any atom is 0.339 e. The quantitative estimate of drug-likeness (QED) is 0.798. The number of hydrogen-bond donors (Lipinski definition) is 1. The van der Waals surface area contributed by atoms with Crippen LogP contribution in [0.4, 0.5) is 5.69 Å². The van der Waals surface area contributed by atoms with Crippen LogP contribution in [0, 0.1) is 0 Å². The number of ether oxygens (including phenoxy) is 1. The summed E-state index contributed by atoms with van der Waals surface area (Å²) in [6.45, 7) is 1.52. The second-order valence-electron chi connectivity index (χ2n) is 5.44. The molecule has 2 aromatic carbocycles. The molecule has 0 fully saturated rings. The standard InChI is InChI=1S/C18H19NO5S/c1-3-13-8-10-14(11-9-13)19-17(20)12-24-18(21)15-6-4-5-7-16(15)25(2,22)23/h4-11H,3,12H2,1-2H3,(H,19,20). The predicted molar refractivity (Wildman–Crippen MR) is 94.3 cm³/mol. The molecule has 132 valence electrons. The Morgan fingerprint density at radius 1 is 1.04 bits per heavy atom. The minimum absolute atomic E-state index is 0.0925. The smallest absolute Gasteiger partial charge is 0.339 e. The SMILES string of the molecule is CCc1ccc(NC(=O)COC(=O)c2ccccc2S(C)(=O)=O)cc1. The summed E-state index contributed by atoms with van der Waals surface area (Å²) in [7, 11) is -3.57. The number of esters is 1. The molecule has 0 heterocycles. The minimum Gasteiger partial charge on any atom is -0.452 e. The van der Waals surface area contributed by atoms with Crippen molar-refractivity contribution in [1.29, 1.82) is 0 Å². The number of rotatable bonds is 6. The van der Waals surface area contributed by atoms with Crippen LogP contribution in [-0.2, 0) is 25.8 Å². The number of nitrogens with one attached hydrogen (secondary N) is 1. The molecule has 6 nitrogen and oxygen atoms in total. The van der Waals surface area contributed by atoms with Gasteiger partial charge in [0.1, 0.15) is 0 Å². The second-order valence-corrected chi connectivity index (χ2v) is 7.43. The van der Waals surface area contributed by atoms with Crippen LogP contribution in [0.15, 0.2) is 53.4 Å². The zero-order valence-electron chi connectivity index (χ0n) is 14.0. The van der Waals surface area contributed by atoms with E-state index in [1.807, 2.05) is 19.1 Å². The van der Waals surface area contributed by atoms with Crippen LogP contribution in [0.5, 0.6) is 0 Å². The average Bonchev–Trinajstić information content (AvgIpc) is 2.59. The Morgan fingerprint density at radius 2 is 1.68 bits per heavy atom. The topological polar surface area (TPSA) is 89.5 Å². The molecule has 0 saturated carbocycles. The van der Waals surface area contributed by atoms with Gasteiger partial charge in [-0.05, 0) is 36.2 Å². The molecule has 0 aliphatic rings. The van der Waals surface area contributed by atoms with Crippen LogP contribution in [0.1, 0.15) is 22.8 Å². The van der Waals surface area contributed by atoms with Gasteiger partial charge in [0, 0.05) is 11.9 Å². The van der Waals surface area contributed by atoms with Crippen LogP contribution >= 0.6 is 0 Å². The highest BCUT2D eigenvalue weighted by Crippen LogP contribution is 2.16. The van der Waals surface area contributed by atoms with Gasteiger partial charge in [-0.1, -0.05) is 31.2 Å². The van der Waals surface area contributed by atoms with Crippen molar-refractivity contribution >= 4 is 27.4 Å². The molecule has 0 saturated heterocycles. The lowest BCUT2D eigenvalue weighted by molar-refractivity contribution is -0.119. The van der Waals surface area contributed by atoms with E-state index in [2.05, 4.69) is 5.32 Å². The lowest BCUT2D eigenvalue weighted by Gasteiger charge is -2.09. The molecule has 7 heteroatoms. The fourth-order valence-corrected chi connectivity index (χ4v) is 3.06. The molecule has 1 N–H and O–H groups in total. The lowest BCUT2D eigenvalue weighted by atomic mass is 10.1. The Morgan fingerprint density at radius 3 is 2.28 bits per heavy atom. The van der Waals surface area contributed by atoms with Crippen molar-refractivity contribution in [2.24, 2.45) is 0 Å². The zero-order chi connectivity index (χ0) is 18.4. The number of sulfone groups is 1. The lowest BCUT2D eigenvalue weighted by Crippen LogP contribution is -2.21. The number of anilines is 1. The third-order valence-electron chi connectivity index (χ3n) is 3.49. The highest BCUT2D eigenvalue weighted by Gasteiger charge is 2.20. The molecule has 0 aliphatic carbocycles. The van der Waals surface area contributed by atoms with Gasteiger partial charge >= 0.3 is 5.97 Å². The van der Waals surface area contributed by atoms with E-state index in [0.717, 1.165) is 18.2 Å². The van der Waals surface area contributed by atoms with E-state index in [9.17, 15) is 18.0 Å². The van der Waals surface area contributed by atoms with E-state index in [-0.39, 0.29) is 10.5 Å². The maximum absolute atomic E-state index is 12.1. The first kappa shape index (κ1) is 18.7. The summed E-state index contributed by atoms with van der Waals surface area (Å²) in [5.74, 6) is -1.37. The summed E-state index contributed by atoms with van der Waals surface area (Å²) in [6.07, 6.45) is 1.90. The molecular weight excluding hydrogens is 342 g/mol. The van der Waals surface area contributed by atoms with E-state index >= 15 is 0 Å². The largest absolute Gasteiger partial charge is 0.452 e. The van der Waals surface area contributed by atoms with Crippen molar-refractivity contribution < 1.29 is 22.7 Å². The van der Waals surface area contributed by atoms with Crippen molar-refractivity contribution in [3.05, 3.63) is 59.7 Å². The molecule has 0 unspecified atom stereocenters. The molecule has 25 heavy (non-hydrogen) atoms. The van der Waals surface area contributed by atoms with Gasteiger partial charge in [-0.25, -0.2) is 13.2 Å². The summed E-state index contributed by atoms with van der Waals surface area (Å²) in [6, 6.07) is 13.0. The third kappa shape index (κ3) is 5.15. The summed E-state index contributed by atoms with van der Waals surface area (Å²) < 4.78 is 28.3. The Bertz CT molecular complexity index is 873. The van der Waals surface area contributed by atoms with Crippen molar-refractivity contribution in [3.8, 4) is 0 Å². The van der Waals surface area contributed by atoms with E-state index in [1.165, 1.54) is 24.3 Å². The molecule has 1 amide bonds. The number of carbonyl (C=O) groups is 2. The van der Waals surface area contributed by atoms with Crippen LogP contribution < -0.4 is 5.32 Å². The molecule has 2 aromatic rings. The van der Waals surface area contributed by atoms with Crippen LogP contribution in [0.3, 0.4) is 0 Å². The van der Waals surface area contributed by atoms with Crippen molar-refractivity contribution in [2.75, 3.05) is 18.2 Å². The fraction of sp³-hybridized carbons (Fsp3) is 0.222. The first-order valence-corrected chi connectivity index (χ1v) is 9.55. The van der Waals surface area contributed by atoms with Gasteiger partial charge in [-0.15, -0.1) is 0 Å². The van der Waals surface area contributed by atoms with Crippen molar-refractivity contribution in [1.82, 2.24) is 0 Å². The van der Waals surface area contributed by atoms with Crippen molar-refractivity contribution in [2.45, 2.75) is 18.2 Å². The van der Waals surface area contributed by atoms with E-state index in [4.69, 9.17) is 4.74 Å². The van der Waals surface area contributed by atoms with Crippen molar-refractivity contribution in [3.63, 3.8) is 0 Å². The molecule has 0 bridgehead atoms. The van der Waals surface area contributed by atoms with Crippen LogP contribution in [-0.4, -0.2) is 33.2 Å². The van der Waals surface area contributed by atoms with Crippen LogP contribution in [0.25, 0.3) is 0 Å². The molecule has 0 spiro atoms. The molecule has 0 radical (unpaired) electrons. The molecular formula is C18H19NO5S. The molecule has 0 atom stereocenters. The summed E-state index contributed by atoms with van der Waals surface area (Å²) in [4.78, 5) is 23.8. The zero-order valence-corrected chi connectivity index (χ0v) is 14.8. The van der Waals surface area contributed by atoms with Gasteiger partial charge in [0.2, 0.25) is 0 Å². The first-order valence-electron chi connectivity index (χ1n) is 7.66. The number of benzene rings is 2. The third-order valence-corrected chi connectivity index (χ3v) is 4.64. The average molecular weight is 361 g/mol. The number of amides is 1. The van der Waals surface area contributed by atoms with Gasteiger partial charge in [-0.3, -0.25) is 4.79 Å². The predicted octanol–water partition coefficient (Wildman–Crippen LogP) is 2.45. The summed E-state index contributed by atoms with van der Waals surface area (Å²) >= 11 is 0. The van der Waals surface area contributed by atoms with Gasteiger partial charge in [0.15, 0.2) is 16.4 Å². The second kappa shape index (κ2) is 7.94.